The highest BCUT2D eigenvalue weighted by atomic mass is 16.6. The highest BCUT2D eigenvalue weighted by Crippen LogP contribution is 2.34. The molecule has 3 aromatic carbocycles. The van der Waals surface area contributed by atoms with E-state index in [4.69, 9.17) is 5.73 Å². The van der Waals surface area contributed by atoms with Gasteiger partial charge in [0.1, 0.15) is 17.8 Å². The SMILES string of the molecule is N#Cc1cc([N+](=O)[O-])cc(C#N)c1N=Nc1ccc(N)c2ccccc12. The summed E-state index contributed by atoms with van der Waals surface area (Å²) < 4.78 is 0. The quantitative estimate of drug-likeness (QED) is 0.323. The minimum atomic E-state index is -0.671. The molecule has 0 bridgehead atoms. The van der Waals surface area contributed by atoms with E-state index in [2.05, 4.69) is 10.2 Å². The number of nitrogens with zero attached hydrogens (tertiary/aromatic N) is 5. The first-order valence-corrected chi connectivity index (χ1v) is 7.36. The normalized spacial score (nSPS) is 10.5. The van der Waals surface area contributed by atoms with E-state index in [9.17, 15) is 20.6 Å². The molecule has 0 radical (unpaired) electrons. The molecule has 124 valence electrons. The van der Waals surface area contributed by atoms with Crippen molar-refractivity contribution in [3.63, 3.8) is 0 Å². The van der Waals surface area contributed by atoms with Crippen LogP contribution in [0, 0.1) is 32.8 Å². The Kier molecular flexibility index (Phi) is 4.25. The number of anilines is 1. The van der Waals surface area contributed by atoms with Crippen molar-refractivity contribution < 1.29 is 4.92 Å². The maximum atomic E-state index is 10.9. The van der Waals surface area contributed by atoms with Gasteiger partial charge in [-0.15, -0.1) is 10.2 Å². The Balaban J connectivity index is 2.16. The van der Waals surface area contributed by atoms with Crippen molar-refractivity contribution in [1.82, 2.24) is 0 Å². The van der Waals surface area contributed by atoms with Crippen LogP contribution in [-0.4, -0.2) is 4.92 Å². The standard InChI is InChI=1S/C18H10N6O2/c19-9-11-7-13(24(25)26)8-12(10-20)18(11)23-22-17-6-5-16(21)14-3-1-2-4-15(14)17/h1-8H,21H2. The van der Waals surface area contributed by atoms with Crippen molar-refractivity contribution in [3.05, 3.63) is 69.8 Å². The molecule has 8 heteroatoms. The Morgan fingerprint density at radius 3 is 2.15 bits per heavy atom. The molecule has 0 aliphatic carbocycles. The highest BCUT2D eigenvalue weighted by molar-refractivity contribution is 6.00. The second kappa shape index (κ2) is 6.67. The van der Waals surface area contributed by atoms with Crippen LogP contribution in [0.4, 0.5) is 22.7 Å². The third-order valence-electron chi connectivity index (χ3n) is 3.74. The van der Waals surface area contributed by atoms with Gasteiger partial charge in [-0.3, -0.25) is 10.1 Å². The lowest BCUT2D eigenvalue weighted by atomic mass is 10.1. The molecule has 0 atom stereocenters. The molecule has 0 unspecified atom stereocenters. The number of hydrogen-bond acceptors (Lipinski definition) is 7. The van der Waals surface area contributed by atoms with E-state index in [1.54, 1.807) is 12.1 Å². The molecule has 26 heavy (non-hydrogen) atoms. The molecule has 0 saturated carbocycles. The van der Waals surface area contributed by atoms with Gasteiger partial charge in [0.15, 0.2) is 0 Å². The fourth-order valence-corrected chi connectivity index (χ4v) is 2.50. The number of benzene rings is 3. The Morgan fingerprint density at radius 2 is 1.58 bits per heavy atom. The smallest absolute Gasteiger partial charge is 0.272 e. The summed E-state index contributed by atoms with van der Waals surface area (Å²) >= 11 is 0. The monoisotopic (exact) mass is 342 g/mol. The van der Waals surface area contributed by atoms with E-state index in [1.807, 2.05) is 36.4 Å². The number of nitro benzene ring substituents is 1. The number of rotatable bonds is 3. The molecule has 3 rings (SSSR count). The molecule has 0 aromatic heterocycles. The van der Waals surface area contributed by atoms with Crippen molar-refractivity contribution in [2.24, 2.45) is 10.2 Å². The lowest BCUT2D eigenvalue weighted by Gasteiger charge is -2.05. The van der Waals surface area contributed by atoms with E-state index in [0.717, 1.165) is 22.9 Å². The maximum Gasteiger partial charge on any atom is 0.272 e. The van der Waals surface area contributed by atoms with E-state index in [1.165, 1.54) is 0 Å². The first kappa shape index (κ1) is 16.6. The Morgan fingerprint density at radius 1 is 0.962 bits per heavy atom. The third kappa shape index (κ3) is 2.90. The Labute approximate surface area is 147 Å². The van der Waals surface area contributed by atoms with Gasteiger partial charge in [0.2, 0.25) is 0 Å². The van der Waals surface area contributed by atoms with Gasteiger partial charge in [-0.2, -0.15) is 10.5 Å². The average molecular weight is 342 g/mol. The predicted molar refractivity (Wildman–Crippen MR) is 95.1 cm³/mol. The number of non-ortho nitro benzene ring substituents is 1. The van der Waals surface area contributed by atoms with Gasteiger partial charge in [0.05, 0.1) is 21.7 Å². The topological polar surface area (TPSA) is 141 Å². The Bertz CT molecular complexity index is 1120. The molecular formula is C18H10N6O2. The molecule has 0 heterocycles. The highest BCUT2D eigenvalue weighted by Gasteiger charge is 2.16. The van der Waals surface area contributed by atoms with E-state index >= 15 is 0 Å². The zero-order valence-electron chi connectivity index (χ0n) is 13.2. The summed E-state index contributed by atoms with van der Waals surface area (Å²) in [5.41, 5.74) is 6.48. The van der Waals surface area contributed by atoms with Crippen LogP contribution in [0.25, 0.3) is 10.8 Å². The van der Waals surface area contributed by atoms with E-state index in [0.29, 0.717) is 11.4 Å². The average Bonchev–Trinajstić information content (AvgIpc) is 2.67. The van der Waals surface area contributed by atoms with Crippen molar-refractivity contribution in [1.29, 1.82) is 10.5 Å². The largest absolute Gasteiger partial charge is 0.398 e. The lowest BCUT2D eigenvalue weighted by Crippen LogP contribution is -1.92. The summed E-state index contributed by atoms with van der Waals surface area (Å²) in [5, 5.41) is 39.1. The van der Waals surface area contributed by atoms with Gasteiger partial charge in [-0.25, -0.2) is 0 Å². The molecule has 2 N–H and O–H groups in total. The van der Waals surface area contributed by atoms with Crippen molar-refractivity contribution in [2.75, 3.05) is 5.73 Å². The number of hydrogen-bond donors (Lipinski definition) is 1. The molecule has 0 aliphatic heterocycles. The number of nitro groups is 1. The molecule has 0 amide bonds. The van der Waals surface area contributed by atoms with Crippen LogP contribution < -0.4 is 5.73 Å². The summed E-state index contributed by atoms with van der Waals surface area (Å²) in [6.07, 6.45) is 0. The van der Waals surface area contributed by atoms with Crippen LogP contribution >= 0.6 is 0 Å². The summed E-state index contributed by atoms with van der Waals surface area (Å²) in [7, 11) is 0. The summed E-state index contributed by atoms with van der Waals surface area (Å²) in [4.78, 5) is 10.3. The Hall–Kier alpha value is -4.30. The van der Waals surface area contributed by atoms with Crippen molar-refractivity contribution in [3.8, 4) is 12.1 Å². The molecule has 0 aliphatic rings. The molecular weight excluding hydrogens is 332 g/mol. The van der Waals surface area contributed by atoms with Crippen molar-refractivity contribution in [2.45, 2.75) is 0 Å². The number of nitrogen functional groups attached to an aromatic ring is 1. The van der Waals surface area contributed by atoms with Gasteiger partial charge < -0.3 is 5.73 Å². The minimum absolute atomic E-state index is 0.0125. The van der Waals surface area contributed by atoms with Crippen LogP contribution in [0.3, 0.4) is 0 Å². The van der Waals surface area contributed by atoms with Crippen molar-refractivity contribution >= 4 is 33.5 Å². The fourth-order valence-electron chi connectivity index (χ4n) is 2.50. The maximum absolute atomic E-state index is 10.9. The van der Waals surface area contributed by atoms with Gasteiger partial charge in [0, 0.05) is 28.6 Å². The van der Waals surface area contributed by atoms with E-state index < -0.39 is 4.92 Å². The van der Waals surface area contributed by atoms with Crippen LogP contribution in [0.5, 0.6) is 0 Å². The first-order valence-electron chi connectivity index (χ1n) is 7.36. The lowest BCUT2D eigenvalue weighted by molar-refractivity contribution is -0.384. The summed E-state index contributed by atoms with van der Waals surface area (Å²) in [5.74, 6) is 0. The zero-order chi connectivity index (χ0) is 18.7. The number of azo groups is 1. The number of nitrogens with two attached hydrogens (primary N) is 1. The van der Waals surface area contributed by atoms with Gasteiger partial charge in [-0.1, -0.05) is 24.3 Å². The van der Waals surface area contributed by atoms with Gasteiger partial charge in [0.25, 0.3) is 5.69 Å². The van der Waals surface area contributed by atoms with Gasteiger partial charge >= 0.3 is 0 Å². The minimum Gasteiger partial charge on any atom is -0.398 e. The molecule has 0 saturated heterocycles. The summed E-state index contributed by atoms with van der Waals surface area (Å²) in [6.45, 7) is 0. The summed E-state index contributed by atoms with van der Waals surface area (Å²) in [6, 6.07) is 16.5. The zero-order valence-corrected chi connectivity index (χ0v) is 13.2. The molecule has 0 fully saturated rings. The molecule has 8 nitrogen and oxygen atoms in total. The predicted octanol–water partition coefficient (Wildman–Crippen LogP) is 4.49. The second-order valence-electron chi connectivity index (χ2n) is 5.29. The van der Waals surface area contributed by atoms with Crippen LogP contribution in [0.15, 0.2) is 58.8 Å². The van der Waals surface area contributed by atoms with Crippen LogP contribution in [0.2, 0.25) is 0 Å². The third-order valence-corrected chi connectivity index (χ3v) is 3.74. The number of fused-ring (bicyclic) bond motifs is 1. The van der Waals surface area contributed by atoms with Crippen LogP contribution in [0.1, 0.15) is 11.1 Å². The second-order valence-corrected chi connectivity index (χ2v) is 5.29. The van der Waals surface area contributed by atoms with Gasteiger partial charge in [-0.05, 0) is 12.1 Å². The number of nitriles is 2. The van der Waals surface area contributed by atoms with Crippen LogP contribution in [-0.2, 0) is 0 Å². The molecule has 0 spiro atoms. The first-order chi connectivity index (χ1) is 12.5. The fraction of sp³-hybridized carbons (Fsp3) is 0. The van der Waals surface area contributed by atoms with E-state index in [-0.39, 0.29) is 22.5 Å². The molecule has 3 aromatic rings.